The lowest BCUT2D eigenvalue weighted by molar-refractivity contribution is 0.418. The van der Waals surface area contributed by atoms with Gasteiger partial charge in [0.25, 0.3) is 0 Å². The number of hydrogen-bond donors (Lipinski definition) is 1. The quantitative estimate of drug-likeness (QED) is 0.859. The van der Waals surface area contributed by atoms with Gasteiger partial charge in [0.05, 0.1) is 5.69 Å². The number of thiazole rings is 1. The maximum absolute atomic E-state index is 4.61. The smallest absolute Gasteiger partial charge is 0.185 e. The average molecular weight is 241 g/mol. The second kappa shape index (κ2) is 5.64. The monoisotopic (exact) mass is 241 g/mol. The Hall–Kier alpha value is -0.610. The zero-order valence-corrected chi connectivity index (χ0v) is 11.8. The molecule has 92 valence electrons. The third-order valence-corrected chi connectivity index (χ3v) is 3.14. The SMILES string of the molecule is CCNCc1csc(N(C)CC(C)(C)C)n1. The van der Waals surface area contributed by atoms with Crippen molar-refractivity contribution in [3.8, 4) is 0 Å². The number of hydrogen-bond acceptors (Lipinski definition) is 4. The van der Waals surface area contributed by atoms with E-state index in [9.17, 15) is 0 Å². The van der Waals surface area contributed by atoms with Gasteiger partial charge in [-0.2, -0.15) is 0 Å². The molecule has 0 aliphatic rings. The van der Waals surface area contributed by atoms with Crippen LogP contribution in [0.2, 0.25) is 0 Å². The standard InChI is InChI=1S/C12H23N3S/c1-6-13-7-10-8-16-11(14-10)15(5)9-12(2,3)4/h8,13H,6-7,9H2,1-5H3. The van der Waals surface area contributed by atoms with Gasteiger partial charge in [-0.1, -0.05) is 27.7 Å². The molecule has 1 aromatic heterocycles. The lowest BCUT2D eigenvalue weighted by Gasteiger charge is -2.26. The molecule has 0 atom stereocenters. The molecule has 0 saturated heterocycles. The highest BCUT2D eigenvalue weighted by molar-refractivity contribution is 7.13. The van der Waals surface area contributed by atoms with Gasteiger partial charge in [-0.25, -0.2) is 4.98 Å². The van der Waals surface area contributed by atoms with Crippen molar-refractivity contribution in [1.82, 2.24) is 10.3 Å². The zero-order chi connectivity index (χ0) is 12.2. The molecule has 1 rings (SSSR count). The number of aromatic nitrogens is 1. The van der Waals surface area contributed by atoms with Gasteiger partial charge in [0, 0.05) is 25.5 Å². The third-order valence-electron chi connectivity index (χ3n) is 2.13. The van der Waals surface area contributed by atoms with E-state index in [1.165, 1.54) is 0 Å². The van der Waals surface area contributed by atoms with Gasteiger partial charge < -0.3 is 10.2 Å². The van der Waals surface area contributed by atoms with E-state index in [2.05, 4.69) is 55.3 Å². The second-order valence-electron chi connectivity index (χ2n) is 5.32. The minimum atomic E-state index is 0.308. The molecule has 0 amide bonds. The van der Waals surface area contributed by atoms with Gasteiger partial charge in [0.1, 0.15) is 0 Å². The topological polar surface area (TPSA) is 28.2 Å². The molecule has 0 spiro atoms. The highest BCUT2D eigenvalue weighted by Crippen LogP contribution is 2.23. The molecule has 4 heteroatoms. The Labute approximate surface area is 103 Å². The Morgan fingerprint density at radius 3 is 2.69 bits per heavy atom. The Morgan fingerprint density at radius 1 is 1.44 bits per heavy atom. The third kappa shape index (κ3) is 4.49. The van der Waals surface area contributed by atoms with Crippen molar-refractivity contribution >= 4 is 16.5 Å². The second-order valence-corrected chi connectivity index (χ2v) is 6.16. The minimum Gasteiger partial charge on any atom is -0.351 e. The van der Waals surface area contributed by atoms with Crippen molar-refractivity contribution in [2.75, 3.05) is 25.0 Å². The zero-order valence-electron chi connectivity index (χ0n) is 11.0. The van der Waals surface area contributed by atoms with E-state index in [4.69, 9.17) is 0 Å². The van der Waals surface area contributed by atoms with Crippen LogP contribution in [-0.4, -0.2) is 25.1 Å². The summed E-state index contributed by atoms with van der Waals surface area (Å²) in [5.74, 6) is 0. The van der Waals surface area contributed by atoms with Gasteiger partial charge in [-0.05, 0) is 12.0 Å². The molecule has 1 N–H and O–H groups in total. The number of rotatable bonds is 5. The fourth-order valence-electron chi connectivity index (χ4n) is 1.59. The summed E-state index contributed by atoms with van der Waals surface area (Å²) in [6, 6.07) is 0. The molecule has 0 saturated carbocycles. The molecule has 0 aromatic carbocycles. The molecular weight excluding hydrogens is 218 g/mol. The highest BCUT2D eigenvalue weighted by Gasteiger charge is 2.15. The van der Waals surface area contributed by atoms with Crippen LogP contribution in [0, 0.1) is 5.41 Å². The van der Waals surface area contributed by atoms with Gasteiger partial charge in [-0.3, -0.25) is 0 Å². The lowest BCUT2D eigenvalue weighted by Crippen LogP contribution is -2.29. The van der Waals surface area contributed by atoms with Crippen LogP contribution < -0.4 is 10.2 Å². The first-order chi connectivity index (χ1) is 7.42. The van der Waals surface area contributed by atoms with E-state index in [-0.39, 0.29) is 0 Å². The summed E-state index contributed by atoms with van der Waals surface area (Å²) >= 11 is 1.72. The molecule has 1 aromatic rings. The van der Waals surface area contributed by atoms with Gasteiger partial charge in [-0.15, -0.1) is 11.3 Å². The fourth-order valence-corrected chi connectivity index (χ4v) is 2.38. The van der Waals surface area contributed by atoms with Crippen LogP contribution in [0.5, 0.6) is 0 Å². The Bertz CT molecular complexity index is 314. The molecule has 16 heavy (non-hydrogen) atoms. The van der Waals surface area contributed by atoms with Gasteiger partial charge >= 0.3 is 0 Å². The van der Waals surface area contributed by atoms with E-state index in [0.29, 0.717) is 5.41 Å². The largest absolute Gasteiger partial charge is 0.351 e. The van der Waals surface area contributed by atoms with E-state index >= 15 is 0 Å². The van der Waals surface area contributed by atoms with Crippen LogP contribution >= 0.6 is 11.3 Å². The molecule has 0 aliphatic carbocycles. The molecule has 1 heterocycles. The van der Waals surface area contributed by atoms with Crippen LogP contribution in [0.15, 0.2) is 5.38 Å². The molecule has 0 aliphatic heterocycles. The Balaban J connectivity index is 2.56. The van der Waals surface area contributed by atoms with Crippen LogP contribution in [0.4, 0.5) is 5.13 Å². The number of anilines is 1. The van der Waals surface area contributed by atoms with Crippen molar-refractivity contribution in [3.63, 3.8) is 0 Å². The summed E-state index contributed by atoms with van der Waals surface area (Å²) in [7, 11) is 2.11. The van der Waals surface area contributed by atoms with Crippen molar-refractivity contribution in [3.05, 3.63) is 11.1 Å². The Kier molecular flexibility index (Phi) is 4.74. The summed E-state index contributed by atoms with van der Waals surface area (Å²) in [4.78, 5) is 6.85. The van der Waals surface area contributed by atoms with Crippen LogP contribution in [0.3, 0.4) is 0 Å². The molecule has 0 fully saturated rings. The predicted molar refractivity (Wildman–Crippen MR) is 72.2 cm³/mol. The number of nitrogens with zero attached hydrogens (tertiary/aromatic N) is 2. The molecule has 0 bridgehead atoms. The maximum atomic E-state index is 4.61. The molecular formula is C12H23N3S. The van der Waals surface area contributed by atoms with E-state index in [1.807, 2.05) is 0 Å². The van der Waals surface area contributed by atoms with E-state index in [0.717, 1.165) is 30.5 Å². The van der Waals surface area contributed by atoms with Crippen molar-refractivity contribution in [2.24, 2.45) is 5.41 Å². The highest BCUT2D eigenvalue weighted by atomic mass is 32.1. The average Bonchev–Trinajstić information content (AvgIpc) is 2.60. The summed E-state index contributed by atoms with van der Waals surface area (Å²) in [6.45, 7) is 11.7. The first-order valence-electron chi connectivity index (χ1n) is 5.78. The Morgan fingerprint density at radius 2 is 2.12 bits per heavy atom. The summed E-state index contributed by atoms with van der Waals surface area (Å²) in [5.41, 5.74) is 1.45. The van der Waals surface area contributed by atoms with Gasteiger partial charge in [0.15, 0.2) is 5.13 Å². The van der Waals surface area contributed by atoms with Crippen LogP contribution in [0.25, 0.3) is 0 Å². The number of nitrogens with one attached hydrogen (secondary N) is 1. The minimum absolute atomic E-state index is 0.308. The molecule has 0 radical (unpaired) electrons. The fraction of sp³-hybridized carbons (Fsp3) is 0.750. The van der Waals surface area contributed by atoms with E-state index < -0.39 is 0 Å². The first kappa shape index (κ1) is 13.5. The summed E-state index contributed by atoms with van der Waals surface area (Å²) in [6.07, 6.45) is 0. The van der Waals surface area contributed by atoms with Crippen molar-refractivity contribution in [1.29, 1.82) is 0 Å². The summed E-state index contributed by atoms with van der Waals surface area (Å²) < 4.78 is 0. The predicted octanol–water partition coefficient (Wildman–Crippen LogP) is 2.73. The van der Waals surface area contributed by atoms with Crippen LogP contribution in [-0.2, 0) is 6.54 Å². The summed E-state index contributed by atoms with van der Waals surface area (Å²) in [5, 5.41) is 6.54. The maximum Gasteiger partial charge on any atom is 0.185 e. The molecule has 3 nitrogen and oxygen atoms in total. The molecule has 0 unspecified atom stereocenters. The lowest BCUT2D eigenvalue weighted by atomic mass is 9.96. The van der Waals surface area contributed by atoms with Gasteiger partial charge in [0.2, 0.25) is 0 Å². The van der Waals surface area contributed by atoms with Crippen LogP contribution in [0.1, 0.15) is 33.4 Å². The normalized spacial score (nSPS) is 11.8. The van der Waals surface area contributed by atoms with Crippen molar-refractivity contribution < 1.29 is 0 Å². The van der Waals surface area contributed by atoms with Crippen molar-refractivity contribution in [2.45, 2.75) is 34.2 Å². The van der Waals surface area contributed by atoms with E-state index in [1.54, 1.807) is 11.3 Å². The first-order valence-corrected chi connectivity index (χ1v) is 6.66.